The van der Waals surface area contributed by atoms with Crippen molar-refractivity contribution in [2.45, 2.75) is 26.3 Å². The molecule has 0 aliphatic heterocycles. The highest BCUT2D eigenvalue weighted by Crippen LogP contribution is 2.19. The van der Waals surface area contributed by atoms with Crippen LogP contribution in [-0.2, 0) is 6.42 Å². The van der Waals surface area contributed by atoms with Gasteiger partial charge in [-0.15, -0.1) is 0 Å². The molecule has 0 amide bonds. The van der Waals surface area contributed by atoms with E-state index in [-0.39, 0.29) is 11.9 Å². The minimum Gasteiger partial charge on any atom is -0.339 e. The SMILES string of the molecule is CCNC(C)Cc1nc(-c2ccc(F)c(F)c2)no1. The number of rotatable bonds is 5. The van der Waals surface area contributed by atoms with Gasteiger partial charge in [0, 0.05) is 18.0 Å². The lowest BCUT2D eigenvalue weighted by atomic mass is 10.2. The molecule has 19 heavy (non-hydrogen) atoms. The van der Waals surface area contributed by atoms with Crippen LogP contribution in [0.25, 0.3) is 11.4 Å². The van der Waals surface area contributed by atoms with Gasteiger partial charge in [0.25, 0.3) is 0 Å². The summed E-state index contributed by atoms with van der Waals surface area (Å²) in [6, 6.07) is 3.73. The molecule has 6 heteroatoms. The van der Waals surface area contributed by atoms with Crippen molar-refractivity contribution in [3.05, 3.63) is 35.7 Å². The first-order valence-electron chi connectivity index (χ1n) is 6.11. The molecular formula is C13H15F2N3O. The van der Waals surface area contributed by atoms with E-state index in [4.69, 9.17) is 4.52 Å². The van der Waals surface area contributed by atoms with Crippen LogP contribution < -0.4 is 5.32 Å². The number of likely N-dealkylation sites (N-methyl/N-ethyl adjacent to an activating group) is 1. The average Bonchev–Trinajstić information content (AvgIpc) is 2.81. The molecule has 0 fully saturated rings. The smallest absolute Gasteiger partial charge is 0.228 e. The van der Waals surface area contributed by atoms with Crippen LogP contribution in [0.3, 0.4) is 0 Å². The number of halogens is 2. The third-order valence-electron chi connectivity index (χ3n) is 2.68. The van der Waals surface area contributed by atoms with Crippen LogP contribution in [0.4, 0.5) is 8.78 Å². The van der Waals surface area contributed by atoms with E-state index in [9.17, 15) is 8.78 Å². The van der Waals surface area contributed by atoms with Gasteiger partial charge in [-0.3, -0.25) is 0 Å². The lowest BCUT2D eigenvalue weighted by Crippen LogP contribution is -2.27. The maximum atomic E-state index is 13.1. The monoisotopic (exact) mass is 267 g/mol. The van der Waals surface area contributed by atoms with Crippen molar-refractivity contribution in [3.63, 3.8) is 0 Å². The molecule has 0 spiro atoms. The van der Waals surface area contributed by atoms with E-state index in [2.05, 4.69) is 15.5 Å². The van der Waals surface area contributed by atoms with E-state index in [1.165, 1.54) is 6.07 Å². The Morgan fingerprint density at radius 1 is 1.32 bits per heavy atom. The summed E-state index contributed by atoms with van der Waals surface area (Å²) in [5, 5.41) is 6.99. The van der Waals surface area contributed by atoms with Crippen molar-refractivity contribution in [2.24, 2.45) is 0 Å². The van der Waals surface area contributed by atoms with Crippen LogP contribution in [0.2, 0.25) is 0 Å². The van der Waals surface area contributed by atoms with E-state index >= 15 is 0 Å². The quantitative estimate of drug-likeness (QED) is 0.904. The van der Waals surface area contributed by atoms with Gasteiger partial charge < -0.3 is 9.84 Å². The van der Waals surface area contributed by atoms with Gasteiger partial charge in [0.2, 0.25) is 11.7 Å². The summed E-state index contributed by atoms with van der Waals surface area (Å²) in [7, 11) is 0. The van der Waals surface area contributed by atoms with Crippen LogP contribution in [0.5, 0.6) is 0 Å². The molecule has 0 aliphatic rings. The molecule has 2 rings (SSSR count). The molecule has 0 radical (unpaired) electrons. The van der Waals surface area contributed by atoms with Crippen molar-refractivity contribution >= 4 is 0 Å². The largest absolute Gasteiger partial charge is 0.339 e. The average molecular weight is 267 g/mol. The zero-order valence-electron chi connectivity index (χ0n) is 10.8. The summed E-state index contributed by atoms with van der Waals surface area (Å²) in [4.78, 5) is 4.17. The van der Waals surface area contributed by atoms with Crippen LogP contribution in [0.15, 0.2) is 22.7 Å². The summed E-state index contributed by atoms with van der Waals surface area (Å²) in [5.74, 6) is -1.09. The van der Waals surface area contributed by atoms with Crippen LogP contribution >= 0.6 is 0 Å². The minimum absolute atomic E-state index is 0.211. The third kappa shape index (κ3) is 3.35. The molecule has 1 N–H and O–H groups in total. The molecule has 2 aromatic rings. The Labute approximate surface area is 109 Å². The first-order chi connectivity index (χ1) is 9.10. The molecule has 4 nitrogen and oxygen atoms in total. The van der Waals surface area contributed by atoms with E-state index in [1.807, 2.05) is 13.8 Å². The van der Waals surface area contributed by atoms with Gasteiger partial charge in [0.1, 0.15) is 0 Å². The first-order valence-corrected chi connectivity index (χ1v) is 6.11. The van der Waals surface area contributed by atoms with Gasteiger partial charge in [-0.1, -0.05) is 12.1 Å². The topological polar surface area (TPSA) is 51.0 Å². The van der Waals surface area contributed by atoms with Crippen LogP contribution in [0.1, 0.15) is 19.7 Å². The third-order valence-corrected chi connectivity index (χ3v) is 2.68. The lowest BCUT2D eigenvalue weighted by Gasteiger charge is -2.07. The standard InChI is InChI=1S/C13H15F2N3O/c1-3-16-8(2)6-12-17-13(18-19-12)9-4-5-10(14)11(15)7-9/h4-5,7-8,16H,3,6H2,1-2H3. The molecule has 0 saturated heterocycles. The Morgan fingerprint density at radius 3 is 2.79 bits per heavy atom. The highest BCUT2D eigenvalue weighted by molar-refractivity contribution is 5.54. The number of nitrogens with zero attached hydrogens (tertiary/aromatic N) is 2. The molecule has 102 valence electrons. The fourth-order valence-electron chi connectivity index (χ4n) is 1.77. The second-order valence-corrected chi connectivity index (χ2v) is 4.30. The van der Waals surface area contributed by atoms with E-state index in [0.717, 1.165) is 18.7 Å². The summed E-state index contributed by atoms with van der Waals surface area (Å²) >= 11 is 0. The maximum absolute atomic E-state index is 13.1. The highest BCUT2D eigenvalue weighted by Gasteiger charge is 2.13. The van der Waals surface area contributed by atoms with Gasteiger partial charge in [-0.2, -0.15) is 4.98 Å². The molecular weight excluding hydrogens is 252 g/mol. The molecule has 1 unspecified atom stereocenters. The van der Waals surface area contributed by atoms with Crippen molar-refractivity contribution in [1.29, 1.82) is 0 Å². The zero-order chi connectivity index (χ0) is 13.8. The van der Waals surface area contributed by atoms with Gasteiger partial charge in [0.15, 0.2) is 11.6 Å². The van der Waals surface area contributed by atoms with Crippen LogP contribution in [0, 0.1) is 11.6 Å². The summed E-state index contributed by atoms with van der Waals surface area (Å²) in [5.41, 5.74) is 0.394. The number of hydrogen-bond donors (Lipinski definition) is 1. The van der Waals surface area contributed by atoms with E-state index in [1.54, 1.807) is 0 Å². The second-order valence-electron chi connectivity index (χ2n) is 4.30. The Morgan fingerprint density at radius 2 is 2.11 bits per heavy atom. The first kappa shape index (κ1) is 13.6. The Bertz CT molecular complexity index is 557. The van der Waals surface area contributed by atoms with E-state index in [0.29, 0.717) is 17.9 Å². The van der Waals surface area contributed by atoms with Crippen molar-refractivity contribution in [2.75, 3.05) is 6.54 Å². The summed E-state index contributed by atoms with van der Waals surface area (Å²) in [6.07, 6.45) is 0.588. The van der Waals surface area contributed by atoms with Gasteiger partial charge >= 0.3 is 0 Å². The molecule has 1 atom stereocenters. The normalized spacial score (nSPS) is 12.6. The Hall–Kier alpha value is -1.82. The van der Waals surface area contributed by atoms with Crippen LogP contribution in [-0.4, -0.2) is 22.7 Å². The Balaban J connectivity index is 2.14. The number of aromatic nitrogens is 2. The van der Waals surface area contributed by atoms with E-state index < -0.39 is 11.6 Å². The van der Waals surface area contributed by atoms with Gasteiger partial charge in [0.05, 0.1) is 0 Å². The molecule has 0 bridgehead atoms. The predicted octanol–water partition coefficient (Wildman–Crippen LogP) is 2.56. The second kappa shape index (κ2) is 5.88. The zero-order valence-corrected chi connectivity index (χ0v) is 10.8. The molecule has 1 aromatic carbocycles. The highest BCUT2D eigenvalue weighted by atomic mass is 19.2. The fraction of sp³-hybridized carbons (Fsp3) is 0.385. The predicted molar refractivity (Wildman–Crippen MR) is 66.5 cm³/mol. The molecule has 0 saturated carbocycles. The Kier molecular flexibility index (Phi) is 4.21. The number of nitrogens with one attached hydrogen (secondary N) is 1. The van der Waals surface area contributed by atoms with Crippen molar-refractivity contribution in [1.82, 2.24) is 15.5 Å². The molecule has 1 aromatic heterocycles. The van der Waals surface area contributed by atoms with Crippen molar-refractivity contribution in [3.8, 4) is 11.4 Å². The molecule has 1 heterocycles. The minimum atomic E-state index is -0.926. The number of benzene rings is 1. The number of hydrogen-bond acceptors (Lipinski definition) is 4. The molecule has 0 aliphatic carbocycles. The lowest BCUT2D eigenvalue weighted by molar-refractivity contribution is 0.363. The fourth-order valence-corrected chi connectivity index (χ4v) is 1.77. The maximum Gasteiger partial charge on any atom is 0.228 e. The van der Waals surface area contributed by atoms with Gasteiger partial charge in [-0.25, -0.2) is 8.78 Å². The van der Waals surface area contributed by atoms with Crippen molar-refractivity contribution < 1.29 is 13.3 Å². The summed E-state index contributed by atoms with van der Waals surface area (Å²) < 4.78 is 31.0. The van der Waals surface area contributed by atoms with Gasteiger partial charge in [-0.05, 0) is 31.7 Å². The summed E-state index contributed by atoms with van der Waals surface area (Å²) in [6.45, 7) is 4.87.